The third-order valence-corrected chi connectivity index (χ3v) is 5.23. The molecular formula is C15H30N2. The highest BCUT2D eigenvalue weighted by atomic mass is 15.1. The molecule has 0 unspecified atom stereocenters. The number of hydrogen-bond acceptors (Lipinski definition) is 2. The molecule has 2 aliphatic rings. The average Bonchev–Trinajstić information content (AvgIpc) is 2.91. The highest BCUT2D eigenvalue weighted by Gasteiger charge is 2.31. The Balaban J connectivity index is 1.78. The second kappa shape index (κ2) is 6.19. The highest BCUT2D eigenvalue weighted by Crippen LogP contribution is 2.31. The van der Waals surface area contributed by atoms with Crippen LogP contribution in [0.4, 0.5) is 0 Å². The summed E-state index contributed by atoms with van der Waals surface area (Å²) in [7, 11) is 4.50. The minimum Gasteiger partial charge on any atom is -0.314 e. The zero-order chi connectivity index (χ0) is 12.1. The fourth-order valence-electron chi connectivity index (χ4n) is 3.77. The molecule has 0 heterocycles. The maximum atomic E-state index is 3.64. The van der Waals surface area contributed by atoms with E-state index in [1.54, 1.807) is 0 Å². The van der Waals surface area contributed by atoms with Crippen molar-refractivity contribution in [2.45, 2.75) is 75.8 Å². The van der Waals surface area contributed by atoms with Crippen LogP contribution in [0.1, 0.15) is 64.2 Å². The molecule has 0 aliphatic heterocycles. The zero-order valence-corrected chi connectivity index (χ0v) is 11.8. The Hall–Kier alpha value is -0.0800. The van der Waals surface area contributed by atoms with Gasteiger partial charge in [0.25, 0.3) is 0 Å². The molecule has 1 N–H and O–H groups in total. The van der Waals surface area contributed by atoms with Crippen LogP contribution >= 0.6 is 0 Å². The van der Waals surface area contributed by atoms with Gasteiger partial charge in [0.05, 0.1) is 0 Å². The summed E-state index contributed by atoms with van der Waals surface area (Å²) in [4.78, 5) is 2.63. The topological polar surface area (TPSA) is 15.3 Å². The Morgan fingerprint density at radius 1 is 1.06 bits per heavy atom. The molecule has 2 heteroatoms. The predicted molar refractivity (Wildman–Crippen MR) is 74.4 cm³/mol. The Kier molecular flexibility index (Phi) is 4.87. The zero-order valence-electron chi connectivity index (χ0n) is 11.8. The first kappa shape index (κ1) is 13.4. The lowest BCUT2D eigenvalue weighted by Crippen LogP contribution is -2.47. The Morgan fingerprint density at radius 2 is 1.71 bits per heavy atom. The largest absolute Gasteiger partial charge is 0.314 e. The van der Waals surface area contributed by atoms with Crippen LogP contribution in [0.2, 0.25) is 0 Å². The SMILES string of the molecule is CNC1(CCN(C)C2CCCC2)CCCCC1. The summed E-state index contributed by atoms with van der Waals surface area (Å²) in [6.07, 6.45) is 14.2. The molecule has 0 saturated heterocycles. The number of hydrogen-bond donors (Lipinski definition) is 1. The van der Waals surface area contributed by atoms with Crippen molar-refractivity contribution in [3.63, 3.8) is 0 Å². The first-order valence-electron chi connectivity index (χ1n) is 7.65. The van der Waals surface area contributed by atoms with E-state index in [0.29, 0.717) is 5.54 Å². The molecule has 17 heavy (non-hydrogen) atoms. The molecule has 2 nitrogen and oxygen atoms in total. The van der Waals surface area contributed by atoms with Gasteiger partial charge >= 0.3 is 0 Å². The van der Waals surface area contributed by atoms with Crippen molar-refractivity contribution >= 4 is 0 Å². The van der Waals surface area contributed by atoms with Gasteiger partial charge in [-0.25, -0.2) is 0 Å². The van der Waals surface area contributed by atoms with Crippen molar-refractivity contribution in [3.05, 3.63) is 0 Å². The van der Waals surface area contributed by atoms with Gasteiger partial charge in [0.15, 0.2) is 0 Å². The summed E-state index contributed by atoms with van der Waals surface area (Å²) in [6.45, 7) is 1.28. The van der Waals surface area contributed by atoms with Crippen molar-refractivity contribution in [2.24, 2.45) is 0 Å². The molecule has 0 aromatic rings. The van der Waals surface area contributed by atoms with E-state index in [9.17, 15) is 0 Å². The van der Waals surface area contributed by atoms with Crippen molar-refractivity contribution < 1.29 is 0 Å². The molecule has 2 saturated carbocycles. The van der Waals surface area contributed by atoms with E-state index in [0.717, 1.165) is 6.04 Å². The molecule has 0 atom stereocenters. The molecule has 0 radical (unpaired) electrons. The normalized spacial score (nSPS) is 25.6. The van der Waals surface area contributed by atoms with Gasteiger partial charge in [-0.2, -0.15) is 0 Å². The molecule has 0 aromatic carbocycles. The third-order valence-electron chi connectivity index (χ3n) is 5.23. The van der Waals surface area contributed by atoms with E-state index in [-0.39, 0.29) is 0 Å². The minimum atomic E-state index is 0.463. The van der Waals surface area contributed by atoms with Crippen LogP contribution < -0.4 is 5.32 Å². The van der Waals surface area contributed by atoms with Gasteiger partial charge in [0, 0.05) is 11.6 Å². The lowest BCUT2D eigenvalue weighted by molar-refractivity contribution is 0.172. The quantitative estimate of drug-likeness (QED) is 0.791. The fraction of sp³-hybridized carbons (Fsp3) is 1.00. The monoisotopic (exact) mass is 238 g/mol. The highest BCUT2D eigenvalue weighted by molar-refractivity contribution is 4.90. The number of nitrogens with zero attached hydrogens (tertiary/aromatic N) is 1. The molecule has 2 fully saturated rings. The first-order valence-corrected chi connectivity index (χ1v) is 7.65. The molecule has 0 aromatic heterocycles. The predicted octanol–water partition coefficient (Wildman–Crippen LogP) is 3.17. The molecule has 2 rings (SSSR count). The van der Waals surface area contributed by atoms with E-state index >= 15 is 0 Å². The second-order valence-corrected chi connectivity index (χ2v) is 6.26. The molecular weight excluding hydrogens is 208 g/mol. The third kappa shape index (κ3) is 3.45. The summed E-state index contributed by atoms with van der Waals surface area (Å²) in [6, 6.07) is 0.882. The van der Waals surface area contributed by atoms with Crippen molar-refractivity contribution in [2.75, 3.05) is 20.6 Å². The summed E-state index contributed by atoms with van der Waals surface area (Å²) in [5, 5.41) is 3.64. The van der Waals surface area contributed by atoms with E-state index in [4.69, 9.17) is 0 Å². The maximum Gasteiger partial charge on any atom is 0.0190 e. The van der Waals surface area contributed by atoms with Crippen molar-refractivity contribution in [1.29, 1.82) is 0 Å². The van der Waals surface area contributed by atoms with Gasteiger partial charge in [0.1, 0.15) is 0 Å². The molecule has 0 spiro atoms. The first-order chi connectivity index (χ1) is 8.26. The van der Waals surface area contributed by atoms with Crippen LogP contribution in [0, 0.1) is 0 Å². The van der Waals surface area contributed by atoms with Gasteiger partial charge in [-0.1, -0.05) is 32.1 Å². The summed E-state index contributed by atoms with van der Waals surface area (Å²) >= 11 is 0. The van der Waals surface area contributed by atoms with Crippen molar-refractivity contribution in [3.8, 4) is 0 Å². The minimum absolute atomic E-state index is 0.463. The van der Waals surface area contributed by atoms with Gasteiger partial charge in [0.2, 0.25) is 0 Å². The summed E-state index contributed by atoms with van der Waals surface area (Å²) in [5.41, 5.74) is 0.463. The Morgan fingerprint density at radius 3 is 2.29 bits per heavy atom. The van der Waals surface area contributed by atoms with Gasteiger partial charge in [-0.15, -0.1) is 0 Å². The Bertz CT molecular complexity index is 215. The van der Waals surface area contributed by atoms with Crippen LogP contribution in [0.25, 0.3) is 0 Å². The smallest absolute Gasteiger partial charge is 0.0190 e. The van der Waals surface area contributed by atoms with E-state index in [1.165, 1.54) is 70.8 Å². The molecule has 100 valence electrons. The summed E-state index contributed by atoms with van der Waals surface area (Å²) in [5.74, 6) is 0. The van der Waals surface area contributed by atoms with Gasteiger partial charge in [-0.3, -0.25) is 0 Å². The van der Waals surface area contributed by atoms with E-state index in [2.05, 4.69) is 24.3 Å². The average molecular weight is 238 g/mol. The van der Waals surface area contributed by atoms with E-state index in [1.807, 2.05) is 0 Å². The molecule has 0 amide bonds. The standard InChI is InChI=1S/C15H30N2/c1-16-15(10-6-3-7-11-15)12-13-17(2)14-8-4-5-9-14/h14,16H,3-13H2,1-2H3. The fourth-order valence-corrected chi connectivity index (χ4v) is 3.77. The van der Waals surface area contributed by atoms with Crippen LogP contribution in [-0.4, -0.2) is 37.1 Å². The van der Waals surface area contributed by atoms with Crippen LogP contribution in [0.3, 0.4) is 0 Å². The maximum absolute atomic E-state index is 3.64. The number of rotatable bonds is 5. The van der Waals surface area contributed by atoms with Gasteiger partial charge in [-0.05, 0) is 52.7 Å². The van der Waals surface area contributed by atoms with Crippen LogP contribution in [0.5, 0.6) is 0 Å². The molecule has 2 aliphatic carbocycles. The lowest BCUT2D eigenvalue weighted by atomic mass is 9.79. The van der Waals surface area contributed by atoms with Crippen LogP contribution in [0.15, 0.2) is 0 Å². The second-order valence-electron chi connectivity index (χ2n) is 6.26. The van der Waals surface area contributed by atoms with Crippen molar-refractivity contribution in [1.82, 2.24) is 10.2 Å². The summed E-state index contributed by atoms with van der Waals surface area (Å²) < 4.78 is 0. The number of nitrogens with one attached hydrogen (secondary N) is 1. The van der Waals surface area contributed by atoms with E-state index < -0.39 is 0 Å². The molecule has 0 bridgehead atoms. The van der Waals surface area contributed by atoms with Crippen LogP contribution in [-0.2, 0) is 0 Å². The lowest BCUT2D eigenvalue weighted by Gasteiger charge is -2.39. The van der Waals surface area contributed by atoms with Gasteiger partial charge < -0.3 is 10.2 Å². The Labute approximate surface area is 107 Å².